The van der Waals surface area contributed by atoms with Gasteiger partial charge in [0.05, 0.1) is 0 Å². The Hall–Kier alpha value is -1.94. The maximum Gasteiger partial charge on any atom is 0.202 e. The third-order valence-corrected chi connectivity index (χ3v) is 3.13. The van der Waals surface area contributed by atoms with Crippen molar-refractivity contribution >= 4 is 23.4 Å². The van der Waals surface area contributed by atoms with Crippen LogP contribution in [0.15, 0.2) is 53.9 Å². The first-order chi connectivity index (χ1) is 9.06. The zero-order chi connectivity index (χ0) is 13.8. The molecule has 19 heavy (non-hydrogen) atoms. The van der Waals surface area contributed by atoms with E-state index in [2.05, 4.69) is 10.0 Å². The van der Waals surface area contributed by atoms with Gasteiger partial charge in [-0.05, 0) is 40.3 Å². The summed E-state index contributed by atoms with van der Waals surface area (Å²) in [6, 6.07) is 12.1. The summed E-state index contributed by atoms with van der Waals surface area (Å²) in [5.41, 5.74) is 3.30. The molecule has 1 aromatic heterocycles. The van der Waals surface area contributed by atoms with Crippen LogP contribution in [-0.4, -0.2) is 19.1 Å². The van der Waals surface area contributed by atoms with Crippen LogP contribution >= 0.6 is 0 Å². The topological polar surface area (TPSA) is 19.5 Å². The molecule has 0 bridgehead atoms. The molecule has 0 N–H and O–H groups in total. The molecule has 0 aliphatic rings. The van der Waals surface area contributed by atoms with E-state index in [4.69, 9.17) is 12.6 Å². The highest BCUT2D eigenvalue weighted by atomic mass is 32.1. The van der Waals surface area contributed by atoms with Crippen molar-refractivity contribution in [2.24, 2.45) is 5.10 Å². The maximum atomic E-state index is 5.34. The average Bonchev–Trinajstić information content (AvgIpc) is 2.41. The highest BCUT2D eigenvalue weighted by Crippen LogP contribution is 2.12. The highest BCUT2D eigenvalue weighted by molar-refractivity contribution is 7.78. The van der Waals surface area contributed by atoms with Gasteiger partial charge in [-0.25, -0.2) is 0 Å². The minimum atomic E-state index is 0.583. The van der Waals surface area contributed by atoms with E-state index in [-0.39, 0.29) is 0 Å². The van der Waals surface area contributed by atoms with Gasteiger partial charge in [-0.3, -0.25) is 0 Å². The monoisotopic (exact) mass is 271 g/mol. The summed E-state index contributed by atoms with van der Waals surface area (Å²) in [5, 5.41) is 4.96. The molecule has 1 aromatic carbocycles. The number of aromatic nitrogens is 1. The number of anilines is 1. The van der Waals surface area contributed by atoms with Gasteiger partial charge < -0.3 is 17.5 Å². The number of benzene rings is 1. The second-order valence-corrected chi connectivity index (χ2v) is 4.99. The Morgan fingerprint density at radius 2 is 1.63 bits per heavy atom. The lowest BCUT2D eigenvalue weighted by molar-refractivity contribution is -0.678. The molecule has 2 rings (SSSR count). The van der Waals surface area contributed by atoms with Crippen molar-refractivity contribution in [1.29, 1.82) is 0 Å². The lowest BCUT2D eigenvalue weighted by atomic mass is 10.2. The smallest absolute Gasteiger partial charge is 0.202 e. The summed E-state index contributed by atoms with van der Waals surface area (Å²) >= 11 is 5.34. The summed E-state index contributed by atoms with van der Waals surface area (Å²) in [6.07, 6.45) is 3.80. The van der Waals surface area contributed by atoms with Gasteiger partial charge in [0.25, 0.3) is 0 Å². The molecule has 4 heteroatoms. The fraction of sp³-hybridized carbons (Fsp3) is 0.200. The Morgan fingerprint density at radius 3 is 2.16 bits per heavy atom. The molecule has 0 amide bonds. The lowest BCUT2D eigenvalue weighted by Crippen LogP contribution is -2.28. The molecule has 0 aliphatic heterocycles. The largest absolute Gasteiger partial charge is 0.754 e. The molecular weight excluding hydrogens is 254 g/mol. The van der Waals surface area contributed by atoms with Crippen LogP contribution in [0, 0.1) is 6.92 Å². The lowest BCUT2D eigenvalue weighted by Gasteiger charge is -2.14. The van der Waals surface area contributed by atoms with Crippen LogP contribution in [0.1, 0.15) is 11.1 Å². The molecule has 0 fully saturated rings. The molecule has 0 radical (unpaired) electrons. The zero-order valence-corrected chi connectivity index (χ0v) is 12.2. The molecule has 0 aliphatic carbocycles. The number of rotatable bonds is 3. The molecule has 0 saturated carbocycles. The quantitative estimate of drug-likeness (QED) is 0.369. The van der Waals surface area contributed by atoms with E-state index >= 15 is 0 Å². The first-order valence-corrected chi connectivity index (χ1v) is 6.49. The van der Waals surface area contributed by atoms with Gasteiger partial charge >= 0.3 is 0 Å². The van der Waals surface area contributed by atoms with Crippen molar-refractivity contribution < 1.29 is 4.68 Å². The van der Waals surface area contributed by atoms with Crippen LogP contribution in [0.3, 0.4) is 0 Å². The number of hydrogen-bond donors (Lipinski definition) is 0. The van der Waals surface area contributed by atoms with Crippen LogP contribution in [-0.2, 0) is 12.6 Å². The van der Waals surface area contributed by atoms with Gasteiger partial charge in [-0.1, -0.05) is 16.8 Å². The minimum absolute atomic E-state index is 0.583. The molecule has 3 nitrogen and oxygen atoms in total. The van der Waals surface area contributed by atoms with Gasteiger partial charge in [0.1, 0.15) is 0 Å². The Bertz CT molecular complexity index is 571. The molecule has 1 heterocycles. The van der Waals surface area contributed by atoms with Crippen molar-refractivity contribution in [3.05, 3.63) is 59.9 Å². The van der Waals surface area contributed by atoms with Crippen LogP contribution in [0.5, 0.6) is 0 Å². The fourth-order valence-corrected chi connectivity index (χ4v) is 1.85. The minimum Gasteiger partial charge on any atom is -0.754 e. The molecule has 98 valence electrons. The summed E-state index contributed by atoms with van der Waals surface area (Å²) in [4.78, 5) is 2.05. The summed E-state index contributed by atoms with van der Waals surface area (Å²) in [7, 11) is 4.03. The van der Waals surface area contributed by atoms with Gasteiger partial charge in [-0.2, -0.15) is 0 Å². The first-order valence-electron chi connectivity index (χ1n) is 6.08. The fourth-order valence-electron chi connectivity index (χ4n) is 1.62. The van der Waals surface area contributed by atoms with Gasteiger partial charge in [0.15, 0.2) is 0 Å². The number of pyridine rings is 1. The Kier molecular flexibility index (Phi) is 4.12. The van der Waals surface area contributed by atoms with Crippen LogP contribution < -0.4 is 9.58 Å². The van der Waals surface area contributed by atoms with E-state index in [1.807, 2.05) is 69.8 Å². The van der Waals surface area contributed by atoms with Crippen molar-refractivity contribution in [2.45, 2.75) is 6.92 Å². The van der Waals surface area contributed by atoms with E-state index in [1.54, 1.807) is 4.68 Å². The van der Waals surface area contributed by atoms with Crippen LogP contribution in [0.2, 0.25) is 0 Å². The van der Waals surface area contributed by atoms with Crippen molar-refractivity contribution in [3.63, 3.8) is 0 Å². The van der Waals surface area contributed by atoms with Crippen LogP contribution in [0.25, 0.3) is 0 Å². The predicted octanol–water partition coefficient (Wildman–Crippen LogP) is 2.11. The van der Waals surface area contributed by atoms with Crippen molar-refractivity contribution in [2.75, 3.05) is 19.0 Å². The van der Waals surface area contributed by atoms with E-state index in [1.165, 1.54) is 5.56 Å². The summed E-state index contributed by atoms with van der Waals surface area (Å²) in [5.74, 6) is 0. The molecule has 0 spiro atoms. The SMILES string of the molecule is Cc1cc[n+](/N=C(/[S-])c2ccc(N(C)C)cc2)cc1. The van der Waals surface area contributed by atoms with Crippen molar-refractivity contribution in [3.8, 4) is 0 Å². The molecule has 0 atom stereocenters. The second-order valence-electron chi connectivity index (χ2n) is 4.60. The maximum absolute atomic E-state index is 5.34. The van der Waals surface area contributed by atoms with E-state index in [0.29, 0.717) is 5.04 Å². The molecule has 2 aromatic rings. The highest BCUT2D eigenvalue weighted by Gasteiger charge is 1.99. The second kappa shape index (κ2) is 5.80. The molecule has 0 saturated heterocycles. The number of aryl methyl sites for hydroxylation is 1. The van der Waals surface area contributed by atoms with Crippen LogP contribution in [0.4, 0.5) is 5.69 Å². The Balaban J connectivity index is 2.23. The first kappa shape index (κ1) is 13.5. The van der Waals surface area contributed by atoms with Crippen molar-refractivity contribution in [1.82, 2.24) is 0 Å². The Morgan fingerprint density at radius 1 is 1.05 bits per heavy atom. The van der Waals surface area contributed by atoms with E-state index < -0.39 is 0 Å². The summed E-state index contributed by atoms with van der Waals surface area (Å²) < 4.78 is 1.73. The Labute approximate surface area is 119 Å². The number of nitrogens with zero attached hydrogens (tertiary/aromatic N) is 3. The van der Waals surface area contributed by atoms with Gasteiger partial charge in [-0.15, -0.1) is 0 Å². The van der Waals surface area contributed by atoms with E-state index in [0.717, 1.165) is 11.3 Å². The molecule has 0 unspecified atom stereocenters. The normalized spacial score (nSPS) is 11.4. The van der Waals surface area contributed by atoms with E-state index in [9.17, 15) is 0 Å². The standard InChI is InChI=1S/C15H17N3S/c1-12-8-10-18(11-9-12)16-15(19)13-4-6-14(7-5-13)17(2)3/h4-11H,1-3H3. The number of hydrogen-bond acceptors (Lipinski definition) is 3. The van der Waals surface area contributed by atoms with Gasteiger partial charge in [0, 0.05) is 31.9 Å². The zero-order valence-electron chi connectivity index (χ0n) is 11.4. The summed E-state index contributed by atoms with van der Waals surface area (Å²) in [6.45, 7) is 2.04. The predicted molar refractivity (Wildman–Crippen MR) is 81.4 cm³/mol. The molecular formula is C15H17N3S. The van der Waals surface area contributed by atoms with Gasteiger partial charge in [0.2, 0.25) is 12.4 Å². The third-order valence-electron chi connectivity index (χ3n) is 2.82. The average molecular weight is 271 g/mol. The third kappa shape index (κ3) is 3.51.